The number of nitrogens with one attached hydrogen (secondary N) is 1. The summed E-state index contributed by atoms with van der Waals surface area (Å²) >= 11 is 5.89. The van der Waals surface area contributed by atoms with Crippen molar-refractivity contribution in [2.45, 2.75) is 64.7 Å². The molecule has 0 bridgehead atoms. The Kier molecular flexibility index (Phi) is 10.9. The van der Waals surface area contributed by atoms with E-state index in [1.807, 2.05) is 0 Å². The smallest absolute Gasteiger partial charge is 0.0308 e. The normalized spacial score (nSPS) is 15.2. The SMILES string of the molecule is CCCCC(CC)CNCCCC(C)Cl. The lowest BCUT2D eigenvalue weighted by Gasteiger charge is -2.15. The highest BCUT2D eigenvalue weighted by atomic mass is 35.5. The van der Waals surface area contributed by atoms with E-state index in [0.29, 0.717) is 5.38 Å². The fraction of sp³-hybridized carbons (Fsp3) is 1.00. The van der Waals surface area contributed by atoms with Gasteiger partial charge in [0.1, 0.15) is 0 Å². The van der Waals surface area contributed by atoms with Crippen LogP contribution >= 0.6 is 11.6 Å². The molecule has 0 aromatic heterocycles. The van der Waals surface area contributed by atoms with Gasteiger partial charge >= 0.3 is 0 Å². The van der Waals surface area contributed by atoms with Crippen LogP contribution in [0.25, 0.3) is 0 Å². The van der Waals surface area contributed by atoms with Gasteiger partial charge in [0.2, 0.25) is 0 Å². The summed E-state index contributed by atoms with van der Waals surface area (Å²) in [6, 6.07) is 0. The Morgan fingerprint density at radius 3 is 2.40 bits per heavy atom. The molecular weight excluding hydrogens is 206 g/mol. The van der Waals surface area contributed by atoms with Crippen LogP contribution in [0.4, 0.5) is 0 Å². The molecule has 0 rings (SSSR count). The first-order valence-corrected chi connectivity index (χ1v) is 6.99. The van der Waals surface area contributed by atoms with Gasteiger partial charge in [0.15, 0.2) is 0 Å². The molecule has 2 unspecified atom stereocenters. The second kappa shape index (κ2) is 10.8. The van der Waals surface area contributed by atoms with Crippen LogP contribution in [0.5, 0.6) is 0 Å². The molecule has 0 aliphatic rings. The standard InChI is InChI=1S/C13H28ClN/c1-4-6-9-13(5-2)11-15-10-7-8-12(3)14/h12-13,15H,4-11H2,1-3H3. The number of hydrogen-bond donors (Lipinski definition) is 1. The molecule has 1 N–H and O–H groups in total. The Bertz CT molecular complexity index is 126. The highest BCUT2D eigenvalue weighted by Gasteiger charge is 2.04. The van der Waals surface area contributed by atoms with Crippen LogP contribution in [0.3, 0.4) is 0 Å². The minimum atomic E-state index is 0.328. The summed E-state index contributed by atoms with van der Waals surface area (Å²) in [7, 11) is 0. The van der Waals surface area contributed by atoms with Gasteiger partial charge in [-0.2, -0.15) is 0 Å². The number of alkyl halides is 1. The van der Waals surface area contributed by atoms with Gasteiger partial charge in [0.25, 0.3) is 0 Å². The Hall–Kier alpha value is 0.250. The van der Waals surface area contributed by atoms with E-state index in [2.05, 4.69) is 26.1 Å². The summed E-state index contributed by atoms with van der Waals surface area (Å²) in [5.41, 5.74) is 0. The van der Waals surface area contributed by atoms with Crippen LogP contribution in [0.1, 0.15) is 59.3 Å². The van der Waals surface area contributed by atoms with Crippen molar-refractivity contribution >= 4 is 11.6 Å². The number of unbranched alkanes of at least 4 members (excludes halogenated alkanes) is 1. The molecule has 0 radical (unpaired) electrons. The number of halogens is 1. The first kappa shape index (κ1) is 15.2. The highest BCUT2D eigenvalue weighted by molar-refractivity contribution is 6.20. The third-order valence-electron chi connectivity index (χ3n) is 2.93. The van der Waals surface area contributed by atoms with Gasteiger partial charge in [-0.1, -0.05) is 33.1 Å². The van der Waals surface area contributed by atoms with Crippen LogP contribution in [-0.4, -0.2) is 18.5 Å². The summed E-state index contributed by atoms with van der Waals surface area (Å²) in [4.78, 5) is 0. The van der Waals surface area contributed by atoms with Crippen LogP contribution in [0, 0.1) is 5.92 Å². The van der Waals surface area contributed by atoms with E-state index >= 15 is 0 Å². The van der Waals surface area contributed by atoms with Crippen LogP contribution in [0.15, 0.2) is 0 Å². The first-order valence-electron chi connectivity index (χ1n) is 6.55. The zero-order valence-electron chi connectivity index (χ0n) is 10.7. The molecule has 0 amide bonds. The lowest BCUT2D eigenvalue weighted by Crippen LogP contribution is -2.23. The van der Waals surface area contributed by atoms with E-state index in [9.17, 15) is 0 Å². The lowest BCUT2D eigenvalue weighted by atomic mass is 9.99. The molecular formula is C13H28ClN. The van der Waals surface area contributed by atoms with E-state index in [0.717, 1.165) is 18.9 Å². The maximum Gasteiger partial charge on any atom is 0.0308 e. The molecule has 2 atom stereocenters. The van der Waals surface area contributed by atoms with Crippen molar-refractivity contribution in [3.05, 3.63) is 0 Å². The van der Waals surface area contributed by atoms with Crippen molar-refractivity contribution in [2.75, 3.05) is 13.1 Å². The van der Waals surface area contributed by atoms with Gasteiger partial charge < -0.3 is 5.32 Å². The third kappa shape index (κ3) is 10.5. The van der Waals surface area contributed by atoms with Crippen molar-refractivity contribution in [2.24, 2.45) is 5.92 Å². The monoisotopic (exact) mass is 233 g/mol. The predicted molar refractivity (Wildman–Crippen MR) is 70.7 cm³/mol. The van der Waals surface area contributed by atoms with Gasteiger partial charge in [-0.15, -0.1) is 11.6 Å². The van der Waals surface area contributed by atoms with E-state index in [-0.39, 0.29) is 0 Å². The molecule has 15 heavy (non-hydrogen) atoms. The average Bonchev–Trinajstić information content (AvgIpc) is 2.21. The topological polar surface area (TPSA) is 12.0 Å². The maximum absolute atomic E-state index is 5.89. The second-order valence-electron chi connectivity index (χ2n) is 4.54. The molecule has 2 heteroatoms. The zero-order valence-corrected chi connectivity index (χ0v) is 11.4. The molecule has 0 spiro atoms. The summed E-state index contributed by atoms with van der Waals surface area (Å²) in [5, 5.41) is 3.87. The van der Waals surface area contributed by atoms with Crippen molar-refractivity contribution < 1.29 is 0 Å². The molecule has 0 fully saturated rings. The molecule has 1 nitrogen and oxygen atoms in total. The van der Waals surface area contributed by atoms with Crippen LogP contribution in [-0.2, 0) is 0 Å². The Morgan fingerprint density at radius 1 is 1.13 bits per heavy atom. The van der Waals surface area contributed by atoms with Gasteiger partial charge in [-0.3, -0.25) is 0 Å². The zero-order chi connectivity index (χ0) is 11.5. The summed E-state index contributed by atoms with van der Waals surface area (Å²) in [5.74, 6) is 0.873. The maximum atomic E-state index is 5.89. The van der Waals surface area contributed by atoms with Crippen LogP contribution in [0.2, 0.25) is 0 Å². The largest absolute Gasteiger partial charge is 0.316 e. The molecule has 92 valence electrons. The van der Waals surface area contributed by atoms with Crippen molar-refractivity contribution in [3.8, 4) is 0 Å². The molecule has 0 heterocycles. The van der Waals surface area contributed by atoms with E-state index in [4.69, 9.17) is 11.6 Å². The number of hydrogen-bond acceptors (Lipinski definition) is 1. The highest BCUT2D eigenvalue weighted by Crippen LogP contribution is 2.11. The van der Waals surface area contributed by atoms with Crippen molar-refractivity contribution in [3.63, 3.8) is 0 Å². The lowest BCUT2D eigenvalue weighted by molar-refractivity contribution is 0.417. The first-order chi connectivity index (χ1) is 7.20. The fourth-order valence-electron chi connectivity index (χ4n) is 1.76. The van der Waals surface area contributed by atoms with Gasteiger partial charge in [0, 0.05) is 5.38 Å². The average molecular weight is 234 g/mol. The van der Waals surface area contributed by atoms with E-state index in [1.54, 1.807) is 0 Å². The molecule has 0 aliphatic heterocycles. The van der Waals surface area contributed by atoms with Gasteiger partial charge in [-0.25, -0.2) is 0 Å². The Labute approximate surface area is 101 Å². The Morgan fingerprint density at radius 2 is 1.87 bits per heavy atom. The summed E-state index contributed by atoms with van der Waals surface area (Å²) < 4.78 is 0. The van der Waals surface area contributed by atoms with Crippen LogP contribution < -0.4 is 5.32 Å². The Balaban J connectivity index is 3.30. The van der Waals surface area contributed by atoms with Crippen molar-refractivity contribution in [1.82, 2.24) is 5.32 Å². The third-order valence-corrected chi connectivity index (χ3v) is 3.15. The summed E-state index contributed by atoms with van der Waals surface area (Å²) in [6.07, 6.45) is 7.71. The molecule has 0 saturated heterocycles. The minimum Gasteiger partial charge on any atom is -0.316 e. The molecule has 0 aromatic carbocycles. The fourth-order valence-corrected chi connectivity index (χ4v) is 1.91. The molecule has 0 aromatic rings. The molecule has 0 aliphatic carbocycles. The molecule has 0 saturated carbocycles. The number of rotatable bonds is 10. The van der Waals surface area contributed by atoms with E-state index < -0.39 is 0 Å². The van der Waals surface area contributed by atoms with Crippen molar-refractivity contribution in [1.29, 1.82) is 0 Å². The second-order valence-corrected chi connectivity index (χ2v) is 5.29. The quantitative estimate of drug-likeness (QED) is 0.441. The minimum absolute atomic E-state index is 0.328. The van der Waals surface area contributed by atoms with Gasteiger partial charge in [-0.05, 0) is 45.2 Å². The van der Waals surface area contributed by atoms with Gasteiger partial charge in [0.05, 0.1) is 0 Å². The predicted octanol–water partition coefficient (Wildman–Crippen LogP) is 4.20. The van der Waals surface area contributed by atoms with E-state index in [1.165, 1.54) is 38.6 Å². The summed E-state index contributed by atoms with van der Waals surface area (Å²) in [6.45, 7) is 8.94.